The Morgan fingerprint density at radius 1 is 1.31 bits per heavy atom. The molecule has 0 bridgehead atoms. The molecule has 0 spiro atoms. The molecule has 13 heavy (non-hydrogen) atoms. The normalized spacial score (nSPS) is 12.0. The summed E-state index contributed by atoms with van der Waals surface area (Å²) >= 11 is 3.89. The molecule has 0 amide bonds. The summed E-state index contributed by atoms with van der Waals surface area (Å²) in [5, 5.41) is 0.627. The second kappa shape index (κ2) is 5.49. The van der Waals surface area contributed by atoms with Gasteiger partial charge in [0.2, 0.25) is 0 Å². The third-order valence-corrected chi connectivity index (χ3v) is 2.87. The molecule has 1 aromatic rings. The van der Waals surface area contributed by atoms with Gasteiger partial charge >= 0.3 is 0 Å². The number of rotatable bonds is 1. The van der Waals surface area contributed by atoms with E-state index in [4.69, 9.17) is 16.2 Å². The van der Waals surface area contributed by atoms with Crippen molar-refractivity contribution in [2.24, 2.45) is 0 Å². The molecule has 5 heteroatoms. The monoisotopic (exact) mass is 227 g/mol. The maximum absolute atomic E-state index is 10.8. The summed E-state index contributed by atoms with van der Waals surface area (Å²) in [6.45, 7) is 3.56. The maximum Gasteiger partial charge on any atom is 0.186 e. The van der Waals surface area contributed by atoms with E-state index < -0.39 is 11.1 Å². The largest absolute Gasteiger partial charge is 0.302 e. The molecule has 1 radical (unpaired) electrons. The van der Waals surface area contributed by atoms with Crippen molar-refractivity contribution >= 4 is 52.2 Å². The van der Waals surface area contributed by atoms with Gasteiger partial charge in [0.1, 0.15) is 0 Å². The number of benzene rings is 1. The second-order valence-electron chi connectivity index (χ2n) is 2.62. The Balaban J connectivity index is 0.00000144. The van der Waals surface area contributed by atoms with Crippen LogP contribution in [0.5, 0.6) is 0 Å². The second-order valence-corrected chi connectivity index (χ2v) is 3.96. The third kappa shape index (κ3) is 3.35. The Labute approximate surface area is 107 Å². The first kappa shape index (κ1) is 13.6. The summed E-state index contributed by atoms with van der Waals surface area (Å²) in [6, 6.07) is 3.33. The van der Waals surface area contributed by atoms with Crippen LogP contribution in [-0.4, -0.2) is 38.3 Å². The zero-order chi connectivity index (χ0) is 9.30. The summed E-state index contributed by atoms with van der Waals surface area (Å²) in [5.74, 6) is 0. The molecule has 0 aliphatic heterocycles. The molecule has 1 atom stereocenters. The van der Waals surface area contributed by atoms with E-state index in [9.17, 15) is 4.21 Å². The SMILES string of the molecule is Cc1cc(S(=O)O)c(C)cc1Cl.[Na]. The van der Waals surface area contributed by atoms with Gasteiger partial charge < -0.3 is 4.55 Å². The van der Waals surface area contributed by atoms with Gasteiger partial charge in [-0.05, 0) is 37.1 Å². The Bertz CT molecular complexity index is 341. The molecule has 0 aliphatic rings. The summed E-state index contributed by atoms with van der Waals surface area (Å²) in [7, 11) is 0. The van der Waals surface area contributed by atoms with Crippen LogP contribution in [0.3, 0.4) is 0 Å². The van der Waals surface area contributed by atoms with Crippen molar-refractivity contribution in [1.82, 2.24) is 0 Å². The first-order chi connectivity index (χ1) is 5.52. The predicted molar refractivity (Wildman–Crippen MR) is 55.7 cm³/mol. The molecule has 0 aliphatic carbocycles. The molecule has 1 N–H and O–H groups in total. The Hall–Kier alpha value is 0.620. The smallest absolute Gasteiger partial charge is 0.186 e. The van der Waals surface area contributed by atoms with Gasteiger partial charge in [-0.3, -0.25) is 0 Å². The van der Waals surface area contributed by atoms with Crippen molar-refractivity contribution in [2.45, 2.75) is 18.7 Å². The fourth-order valence-corrected chi connectivity index (χ4v) is 1.77. The summed E-state index contributed by atoms with van der Waals surface area (Å²) < 4.78 is 19.6. The van der Waals surface area contributed by atoms with Gasteiger partial charge in [-0.15, -0.1) is 0 Å². The van der Waals surface area contributed by atoms with Crippen LogP contribution in [0.15, 0.2) is 17.0 Å². The number of halogens is 1. The number of aryl methyl sites for hydroxylation is 2. The Morgan fingerprint density at radius 3 is 2.31 bits per heavy atom. The fraction of sp³-hybridized carbons (Fsp3) is 0.250. The van der Waals surface area contributed by atoms with E-state index >= 15 is 0 Å². The molecule has 1 aromatic carbocycles. The van der Waals surface area contributed by atoms with Gasteiger partial charge in [0.15, 0.2) is 11.1 Å². The van der Waals surface area contributed by atoms with Crippen LogP contribution in [0.4, 0.5) is 0 Å². The van der Waals surface area contributed by atoms with E-state index in [0.29, 0.717) is 9.92 Å². The maximum atomic E-state index is 10.8. The van der Waals surface area contributed by atoms with Crippen molar-refractivity contribution < 1.29 is 8.76 Å². The van der Waals surface area contributed by atoms with Gasteiger partial charge in [-0.1, -0.05) is 11.6 Å². The van der Waals surface area contributed by atoms with Crippen LogP contribution < -0.4 is 0 Å². The molecule has 0 saturated heterocycles. The molecule has 1 rings (SSSR count). The Morgan fingerprint density at radius 2 is 1.85 bits per heavy atom. The molecular weight excluding hydrogens is 219 g/mol. The molecule has 2 nitrogen and oxygen atoms in total. The average molecular weight is 228 g/mol. The number of hydrogen-bond donors (Lipinski definition) is 1. The fourth-order valence-electron chi connectivity index (χ4n) is 0.943. The minimum absolute atomic E-state index is 0. The summed E-state index contributed by atoms with van der Waals surface area (Å²) in [5.41, 5.74) is 1.56. The van der Waals surface area contributed by atoms with Gasteiger partial charge in [0.25, 0.3) is 0 Å². The average Bonchev–Trinajstić information content (AvgIpc) is 1.96. The molecule has 1 unspecified atom stereocenters. The number of hydrogen-bond acceptors (Lipinski definition) is 1. The third-order valence-electron chi connectivity index (χ3n) is 1.64. The minimum atomic E-state index is -1.92. The van der Waals surface area contributed by atoms with E-state index in [0.717, 1.165) is 11.1 Å². The molecule has 0 saturated carbocycles. The van der Waals surface area contributed by atoms with Crippen LogP contribution in [0, 0.1) is 13.8 Å². The van der Waals surface area contributed by atoms with E-state index in [1.165, 1.54) is 0 Å². The van der Waals surface area contributed by atoms with Crippen molar-refractivity contribution in [1.29, 1.82) is 0 Å². The Kier molecular flexibility index (Phi) is 5.75. The minimum Gasteiger partial charge on any atom is -0.302 e. The predicted octanol–water partition coefficient (Wildman–Crippen LogP) is 2.16. The zero-order valence-corrected chi connectivity index (χ0v) is 11.4. The van der Waals surface area contributed by atoms with Crippen molar-refractivity contribution in [2.75, 3.05) is 0 Å². The van der Waals surface area contributed by atoms with Crippen molar-refractivity contribution in [3.63, 3.8) is 0 Å². The van der Waals surface area contributed by atoms with Crippen LogP contribution in [-0.2, 0) is 11.1 Å². The summed E-state index contributed by atoms with van der Waals surface area (Å²) in [6.07, 6.45) is 0. The van der Waals surface area contributed by atoms with Crippen LogP contribution in [0.1, 0.15) is 11.1 Å². The molecular formula is C8H9ClNaO2S. The van der Waals surface area contributed by atoms with Crippen LogP contribution >= 0.6 is 11.6 Å². The van der Waals surface area contributed by atoms with Gasteiger partial charge in [-0.2, -0.15) is 0 Å². The van der Waals surface area contributed by atoms with E-state index in [1.54, 1.807) is 26.0 Å². The van der Waals surface area contributed by atoms with E-state index in [-0.39, 0.29) is 29.6 Å². The molecule has 0 heterocycles. The zero-order valence-electron chi connectivity index (χ0n) is 7.80. The summed E-state index contributed by atoms with van der Waals surface area (Å²) in [4.78, 5) is 0.428. The van der Waals surface area contributed by atoms with E-state index in [2.05, 4.69) is 0 Å². The quantitative estimate of drug-likeness (QED) is 0.590. The van der Waals surface area contributed by atoms with Crippen molar-refractivity contribution in [3.8, 4) is 0 Å². The first-order valence-corrected chi connectivity index (χ1v) is 4.88. The topological polar surface area (TPSA) is 37.3 Å². The standard InChI is InChI=1S/C8H9ClO2S.Na/c1-5-4-8(12(10)11)6(2)3-7(5)9;/h3-4H,1-2H3,(H,10,11);. The van der Waals surface area contributed by atoms with E-state index in [1.807, 2.05) is 0 Å². The molecule has 67 valence electrons. The van der Waals surface area contributed by atoms with Gasteiger partial charge in [0, 0.05) is 34.6 Å². The van der Waals surface area contributed by atoms with Gasteiger partial charge in [-0.25, -0.2) is 4.21 Å². The first-order valence-electron chi connectivity index (χ1n) is 3.40. The van der Waals surface area contributed by atoms with Crippen molar-refractivity contribution in [3.05, 3.63) is 28.3 Å². The molecule has 0 fully saturated rings. The van der Waals surface area contributed by atoms with Crippen LogP contribution in [0.25, 0.3) is 0 Å². The van der Waals surface area contributed by atoms with Gasteiger partial charge in [0.05, 0.1) is 4.90 Å². The molecule has 0 aromatic heterocycles. The van der Waals surface area contributed by atoms with Crippen LogP contribution in [0.2, 0.25) is 5.02 Å².